The maximum Gasteiger partial charge on any atom is 0.464 e. The van der Waals surface area contributed by atoms with Crippen molar-refractivity contribution in [3.05, 3.63) is 28.8 Å². The van der Waals surface area contributed by atoms with Crippen LogP contribution in [0, 0.1) is 5.41 Å². The Bertz CT molecular complexity index is 793. The quantitative estimate of drug-likeness (QED) is 0.586. The average Bonchev–Trinajstić information content (AvgIpc) is 2.58. The minimum atomic E-state index is -0.416. The molecule has 1 heterocycles. The van der Waals surface area contributed by atoms with E-state index in [1.165, 1.54) is 7.11 Å². The van der Waals surface area contributed by atoms with E-state index in [1.54, 1.807) is 19.2 Å². The first kappa shape index (κ1) is 18.5. The number of hydrogen-bond acceptors (Lipinski definition) is 5. The molecule has 0 bridgehead atoms. The zero-order chi connectivity index (χ0) is 17.9. The second-order valence-electron chi connectivity index (χ2n) is 6.05. The van der Waals surface area contributed by atoms with E-state index < -0.39 is 4.75 Å². The lowest BCUT2D eigenvalue weighted by Crippen LogP contribution is -2.19. The standard InChI is InChI=1S/C17H20ClN2O3S/c1-17(2,24-21)6-5-13(19)11-7-10-8-12(18)15(22-3)9-14(10)20-16(11)23-4/h7-9,19H,5-6H2,1-4H3/q+1. The van der Waals surface area contributed by atoms with Crippen molar-refractivity contribution in [3.8, 4) is 11.6 Å². The Morgan fingerprint density at radius 2 is 2.00 bits per heavy atom. The second-order valence-corrected chi connectivity index (χ2v) is 7.73. The summed E-state index contributed by atoms with van der Waals surface area (Å²) >= 11 is 6.73. The van der Waals surface area contributed by atoms with E-state index in [4.69, 9.17) is 26.5 Å². The smallest absolute Gasteiger partial charge is 0.464 e. The molecule has 0 aliphatic rings. The van der Waals surface area contributed by atoms with E-state index in [2.05, 4.69) is 4.98 Å². The fourth-order valence-electron chi connectivity index (χ4n) is 2.29. The first-order valence-corrected chi connectivity index (χ1v) is 8.54. The number of fused-ring (bicyclic) bond motifs is 1. The third-order valence-electron chi connectivity index (χ3n) is 3.77. The lowest BCUT2D eigenvalue weighted by atomic mass is 9.99. The van der Waals surface area contributed by atoms with Gasteiger partial charge in [0.2, 0.25) is 10.6 Å². The summed E-state index contributed by atoms with van der Waals surface area (Å²) in [6.07, 6.45) is 1.07. The monoisotopic (exact) mass is 367 g/mol. The molecular weight excluding hydrogens is 348 g/mol. The van der Waals surface area contributed by atoms with Gasteiger partial charge in [0.05, 0.1) is 30.3 Å². The summed E-state index contributed by atoms with van der Waals surface area (Å²) in [5.41, 5.74) is 1.67. The predicted molar refractivity (Wildman–Crippen MR) is 98.1 cm³/mol. The number of ether oxygens (including phenoxy) is 2. The van der Waals surface area contributed by atoms with Crippen molar-refractivity contribution in [3.63, 3.8) is 0 Å². The Kier molecular flexibility index (Phi) is 5.72. The van der Waals surface area contributed by atoms with E-state index in [0.29, 0.717) is 58.0 Å². The van der Waals surface area contributed by atoms with Crippen LogP contribution < -0.4 is 9.47 Å². The van der Waals surface area contributed by atoms with Crippen LogP contribution in [0.25, 0.3) is 10.9 Å². The molecule has 5 nitrogen and oxygen atoms in total. The highest BCUT2D eigenvalue weighted by molar-refractivity contribution is 7.67. The highest BCUT2D eigenvalue weighted by Gasteiger charge is 2.32. The molecule has 2 aromatic rings. The van der Waals surface area contributed by atoms with Crippen molar-refractivity contribution in [2.45, 2.75) is 31.4 Å². The molecule has 0 aliphatic carbocycles. The van der Waals surface area contributed by atoms with Crippen LogP contribution in [0.15, 0.2) is 18.2 Å². The van der Waals surface area contributed by atoms with Gasteiger partial charge in [0.25, 0.3) is 0 Å². The third-order valence-corrected chi connectivity index (χ3v) is 4.73. The van der Waals surface area contributed by atoms with Gasteiger partial charge >= 0.3 is 11.7 Å². The van der Waals surface area contributed by atoms with Crippen LogP contribution in [0.5, 0.6) is 11.6 Å². The van der Waals surface area contributed by atoms with Crippen molar-refractivity contribution in [1.82, 2.24) is 4.98 Å². The van der Waals surface area contributed by atoms with Crippen LogP contribution in [0.3, 0.4) is 0 Å². The van der Waals surface area contributed by atoms with Gasteiger partial charge in [-0.25, -0.2) is 4.98 Å². The summed E-state index contributed by atoms with van der Waals surface area (Å²) < 4.78 is 21.2. The van der Waals surface area contributed by atoms with Crippen LogP contribution in [-0.4, -0.2) is 29.7 Å². The normalized spacial score (nSPS) is 11.4. The van der Waals surface area contributed by atoms with Gasteiger partial charge in [0.1, 0.15) is 5.75 Å². The fraction of sp³-hybridized carbons (Fsp3) is 0.412. The van der Waals surface area contributed by atoms with Gasteiger partial charge in [0.15, 0.2) is 0 Å². The molecule has 0 amide bonds. The lowest BCUT2D eigenvalue weighted by molar-refractivity contribution is 0.398. The Hall–Kier alpha value is -1.79. The Balaban J connectivity index is 2.42. The minimum absolute atomic E-state index is 0.379. The molecule has 0 fully saturated rings. The summed E-state index contributed by atoms with van der Waals surface area (Å²) in [5.74, 6) is 0.917. The van der Waals surface area contributed by atoms with Gasteiger partial charge in [0, 0.05) is 27.8 Å². The summed E-state index contributed by atoms with van der Waals surface area (Å²) in [6, 6.07) is 5.34. The first-order valence-electron chi connectivity index (χ1n) is 7.42. The van der Waals surface area contributed by atoms with Gasteiger partial charge in [-0.1, -0.05) is 11.6 Å². The molecular formula is C17H20ClN2O3S+. The molecule has 0 radical (unpaired) electrons. The first-order chi connectivity index (χ1) is 11.3. The highest BCUT2D eigenvalue weighted by Crippen LogP contribution is 2.32. The molecule has 0 unspecified atom stereocenters. The Labute approximate surface area is 150 Å². The zero-order valence-corrected chi connectivity index (χ0v) is 15.7. The fourth-order valence-corrected chi connectivity index (χ4v) is 2.72. The molecule has 1 aromatic carbocycles. The number of benzene rings is 1. The van der Waals surface area contributed by atoms with Crippen LogP contribution in [0.1, 0.15) is 32.3 Å². The van der Waals surface area contributed by atoms with E-state index >= 15 is 0 Å². The number of methoxy groups -OCH3 is 2. The predicted octanol–water partition coefficient (Wildman–Crippen LogP) is 4.26. The topological polar surface area (TPSA) is 72.3 Å². The van der Waals surface area contributed by atoms with Crippen molar-refractivity contribution in [1.29, 1.82) is 5.41 Å². The molecule has 2 rings (SSSR count). The Morgan fingerprint density at radius 1 is 1.29 bits per heavy atom. The van der Waals surface area contributed by atoms with E-state index in [0.717, 1.165) is 5.39 Å². The lowest BCUT2D eigenvalue weighted by Gasteiger charge is -2.13. The highest BCUT2D eigenvalue weighted by atomic mass is 35.5. The number of rotatable bonds is 7. The molecule has 128 valence electrons. The van der Waals surface area contributed by atoms with Crippen LogP contribution in [-0.2, 0) is 15.9 Å². The van der Waals surface area contributed by atoms with Crippen LogP contribution in [0.2, 0.25) is 5.02 Å². The molecule has 24 heavy (non-hydrogen) atoms. The number of hydrogen-bond donors (Lipinski definition) is 1. The summed E-state index contributed by atoms with van der Waals surface area (Å²) in [5, 5.41) is 9.64. The van der Waals surface area contributed by atoms with Crippen molar-refractivity contribution < 1.29 is 13.7 Å². The zero-order valence-electron chi connectivity index (χ0n) is 14.1. The molecule has 0 atom stereocenters. The van der Waals surface area contributed by atoms with Gasteiger partial charge in [-0.3, -0.25) is 0 Å². The summed E-state index contributed by atoms with van der Waals surface area (Å²) in [4.78, 5) is 4.46. The SMILES string of the molecule is COc1cc2nc(OC)c(C(=N)CCC(C)(C)[S+]=O)cc2cc1Cl. The van der Waals surface area contributed by atoms with Gasteiger partial charge in [-0.05, 0) is 32.4 Å². The van der Waals surface area contributed by atoms with Crippen LogP contribution >= 0.6 is 11.6 Å². The summed E-state index contributed by atoms with van der Waals surface area (Å²) in [7, 11) is 3.07. The largest absolute Gasteiger partial charge is 0.495 e. The van der Waals surface area contributed by atoms with Crippen molar-refractivity contribution in [2.24, 2.45) is 0 Å². The van der Waals surface area contributed by atoms with E-state index in [-0.39, 0.29) is 0 Å². The molecule has 0 saturated heterocycles. The van der Waals surface area contributed by atoms with Gasteiger partial charge in [-0.15, -0.1) is 0 Å². The number of pyridine rings is 1. The van der Waals surface area contributed by atoms with Crippen molar-refractivity contribution >= 4 is 39.9 Å². The number of nitrogens with zero attached hydrogens (tertiary/aromatic N) is 1. The summed E-state index contributed by atoms with van der Waals surface area (Å²) in [6.45, 7) is 3.75. The number of nitrogens with one attached hydrogen (secondary N) is 1. The molecule has 0 spiro atoms. The average molecular weight is 368 g/mol. The number of halogens is 1. The molecule has 0 saturated carbocycles. The van der Waals surface area contributed by atoms with E-state index in [1.807, 2.05) is 19.9 Å². The third kappa shape index (κ3) is 3.99. The second kappa shape index (κ2) is 7.40. The minimum Gasteiger partial charge on any atom is -0.495 e. The maximum absolute atomic E-state index is 11.1. The van der Waals surface area contributed by atoms with Crippen molar-refractivity contribution in [2.75, 3.05) is 14.2 Å². The van der Waals surface area contributed by atoms with Crippen LogP contribution in [0.4, 0.5) is 0 Å². The molecule has 0 aliphatic heterocycles. The van der Waals surface area contributed by atoms with Gasteiger partial charge in [-0.2, -0.15) is 0 Å². The maximum atomic E-state index is 11.1. The van der Waals surface area contributed by atoms with Gasteiger partial charge < -0.3 is 14.9 Å². The number of aromatic nitrogens is 1. The molecule has 1 aromatic heterocycles. The Morgan fingerprint density at radius 3 is 2.58 bits per heavy atom. The molecule has 7 heteroatoms. The molecule has 1 N–H and O–H groups in total. The van der Waals surface area contributed by atoms with E-state index in [9.17, 15) is 4.21 Å².